The number of fused-ring (bicyclic) bond motifs is 2. The Hall–Kier alpha value is -3.46. The highest BCUT2D eigenvalue weighted by Crippen LogP contribution is 2.30. The van der Waals surface area contributed by atoms with E-state index in [0.717, 1.165) is 65.5 Å². The van der Waals surface area contributed by atoms with Crippen LogP contribution in [0.2, 0.25) is 0 Å². The SMILES string of the molecule is CCCCCNC(=O)CN(CC(=O)N(C)N1Cc2ccc(F)cc2C1)c1cc2nn(CC)c(CC)c2cc1C. The first-order valence-corrected chi connectivity index (χ1v) is 14.1. The molecule has 0 bridgehead atoms. The Morgan fingerprint density at radius 2 is 1.82 bits per heavy atom. The monoisotopic (exact) mass is 536 g/mol. The molecule has 0 saturated carbocycles. The Kier molecular flexibility index (Phi) is 9.22. The second-order valence-electron chi connectivity index (χ2n) is 10.3. The van der Waals surface area contributed by atoms with Crippen LogP contribution in [0.1, 0.15) is 62.4 Å². The van der Waals surface area contributed by atoms with Crippen molar-refractivity contribution in [1.29, 1.82) is 0 Å². The lowest BCUT2D eigenvalue weighted by atomic mass is 10.1. The number of aromatic nitrogens is 2. The zero-order valence-corrected chi connectivity index (χ0v) is 23.9. The predicted octanol–water partition coefficient (Wildman–Crippen LogP) is 4.57. The van der Waals surface area contributed by atoms with Gasteiger partial charge in [-0.05, 0) is 67.6 Å². The molecule has 4 rings (SSSR count). The number of rotatable bonds is 12. The first-order chi connectivity index (χ1) is 18.7. The molecule has 3 aromatic rings. The van der Waals surface area contributed by atoms with Crippen LogP contribution in [0.4, 0.5) is 10.1 Å². The van der Waals surface area contributed by atoms with Crippen molar-refractivity contribution >= 4 is 28.4 Å². The summed E-state index contributed by atoms with van der Waals surface area (Å²) in [6.07, 6.45) is 3.95. The van der Waals surface area contributed by atoms with Crippen LogP contribution in [-0.2, 0) is 35.6 Å². The van der Waals surface area contributed by atoms with Gasteiger partial charge in [-0.1, -0.05) is 32.8 Å². The summed E-state index contributed by atoms with van der Waals surface area (Å²) in [5, 5.41) is 12.4. The number of benzene rings is 2. The van der Waals surface area contributed by atoms with Crippen molar-refractivity contribution < 1.29 is 14.0 Å². The summed E-state index contributed by atoms with van der Waals surface area (Å²) >= 11 is 0. The van der Waals surface area contributed by atoms with Crippen molar-refractivity contribution in [2.24, 2.45) is 0 Å². The van der Waals surface area contributed by atoms with E-state index < -0.39 is 0 Å². The molecule has 210 valence electrons. The van der Waals surface area contributed by atoms with Crippen LogP contribution < -0.4 is 10.2 Å². The minimum absolute atomic E-state index is 0.0293. The number of hydrogen-bond donors (Lipinski definition) is 1. The highest BCUT2D eigenvalue weighted by Gasteiger charge is 2.28. The van der Waals surface area contributed by atoms with Crippen molar-refractivity contribution in [1.82, 2.24) is 25.1 Å². The number of hydrogen-bond acceptors (Lipinski definition) is 5. The molecule has 0 unspecified atom stereocenters. The van der Waals surface area contributed by atoms with Gasteiger partial charge in [0.15, 0.2) is 0 Å². The fourth-order valence-corrected chi connectivity index (χ4v) is 5.34. The van der Waals surface area contributed by atoms with E-state index in [1.54, 1.807) is 18.1 Å². The van der Waals surface area contributed by atoms with Gasteiger partial charge >= 0.3 is 0 Å². The van der Waals surface area contributed by atoms with Crippen molar-refractivity contribution in [3.63, 3.8) is 0 Å². The summed E-state index contributed by atoms with van der Waals surface area (Å²) < 4.78 is 15.8. The molecule has 2 amide bonds. The molecule has 1 aliphatic rings. The third-order valence-corrected chi connectivity index (χ3v) is 7.56. The maximum Gasteiger partial charge on any atom is 0.256 e. The fraction of sp³-hybridized carbons (Fsp3) is 0.500. The van der Waals surface area contributed by atoms with E-state index in [2.05, 4.69) is 32.2 Å². The lowest BCUT2D eigenvalue weighted by molar-refractivity contribution is -0.145. The molecule has 0 atom stereocenters. The lowest BCUT2D eigenvalue weighted by Crippen LogP contribution is -2.48. The fourth-order valence-electron chi connectivity index (χ4n) is 5.34. The number of carbonyl (C=O) groups is 2. The van der Waals surface area contributed by atoms with E-state index in [9.17, 15) is 14.0 Å². The minimum atomic E-state index is -0.275. The number of halogens is 1. The molecule has 0 aliphatic carbocycles. The number of aryl methyl sites for hydroxylation is 3. The molecule has 8 nitrogen and oxygen atoms in total. The molecule has 0 fully saturated rings. The maximum absolute atomic E-state index is 13.7. The summed E-state index contributed by atoms with van der Waals surface area (Å²) in [5.41, 5.74) is 5.76. The molecular formula is C30H41FN6O2. The van der Waals surface area contributed by atoms with E-state index in [-0.39, 0.29) is 30.7 Å². The summed E-state index contributed by atoms with van der Waals surface area (Å²) in [5.74, 6) is -0.531. The largest absolute Gasteiger partial charge is 0.355 e. The van der Waals surface area contributed by atoms with Gasteiger partial charge in [0.2, 0.25) is 5.91 Å². The molecule has 2 heterocycles. The first kappa shape index (κ1) is 28.5. The molecule has 1 N–H and O–H groups in total. The van der Waals surface area contributed by atoms with E-state index >= 15 is 0 Å². The molecule has 9 heteroatoms. The van der Waals surface area contributed by atoms with E-state index in [1.165, 1.54) is 17.8 Å². The first-order valence-electron chi connectivity index (χ1n) is 14.1. The summed E-state index contributed by atoms with van der Waals surface area (Å²) in [7, 11) is 1.74. The van der Waals surface area contributed by atoms with Crippen LogP contribution in [0.5, 0.6) is 0 Å². The smallest absolute Gasteiger partial charge is 0.256 e. The number of likely N-dealkylation sites (N-methyl/N-ethyl adjacent to an activating group) is 1. The van der Waals surface area contributed by atoms with E-state index in [0.29, 0.717) is 19.6 Å². The average Bonchev–Trinajstić information content (AvgIpc) is 3.49. The number of unbranched alkanes of at least 4 members (excludes halogenated alkanes) is 2. The second kappa shape index (κ2) is 12.6. The Morgan fingerprint density at radius 1 is 1.05 bits per heavy atom. The summed E-state index contributed by atoms with van der Waals surface area (Å²) in [6, 6.07) is 8.88. The van der Waals surface area contributed by atoms with Crippen molar-refractivity contribution in [2.75, 3.05) is 31.6 Å². The number of hydrazine groups is 1. The number of anilines is 1. The van der Waals surface area contributed by atoms with Crippen molar-refractivity contribution in [3.8, 4) is 0 Å². The molecule has 0 radical (unpaired) electrons. The lowest BCUT2D eigenvalue weighted by Gasteiger charge is -2.32. The van der Waals surface area contributed by atoms with E-state index in [1.807, 2.05) is 27.6 Å². The maximum atomic E-state index is 13.7. The summed E-state index contributed by atoms with van der Waals surface area (Å²) in [6.45, 7) is 10.8. The molecule has 0 spiro atoms. The molecule has 39 heavy (non-hydrogen) atoms. The highest BCUT2D eigenvalue weighted by molar-refractivity contribution is 5.91. The molecule has 1 aromatic heterocycles. The van der Waals surface area contributed by atoms with Crippen LogP contribution in [0.25, 0.3) is 10.9 Å². The van der Waals surface area contributed by atoms with Gasteiger partial charge in [0, 0.05) is 50.0 Å². The Morgan fingerprint density at radius 3 is 2.54 bits per heavy atom. The standard InChI is InChI=1S/C30H41FN6O2/c1-6-9-10-13-32-29(38)19-35(28-16-26-25(14-21(28)4)27(7-2)37(8-3)33-26)20-30(39)34(5)36-17-22-11-12-24(31)15-23(22)18-36/h11-12,14-16H,6-10,13,17-20H2,1-5H3,(H,32,38). The zero-order chi connectivity index (χ0) is 28.1. The van der Waals surface area contributed by atoms with Gasteiger partial charge in [-0.2, -0.15) is 5.10 Å². The second-order valence-corrected chi connectivity index (χ2v) is 10.3. The zero-order valence-electron chi connectivity index (χ0n) is 23.9. The van der Waals surface area contributed by atoms with Crippen LogP contribution >= 0.6 is 0 Å². The third-order valence-electron chi connectivity index (χ3n) is 7.56. The van der Waals surface area contributed by atoms with Crippen LogP contribution in [0.3, 0.4) is 0 Å². The van der Waals surface area contributed by atoms with Crippen LogP contribution in [0.15, 0.2) is 30.3 Å². The van der Waals surface area contributed by atoms with Gasteiger partial charge in [0.05, 0.1) is 18.6 Å². The van der Waals surface area contributed by atoms with Gasteiger partial charge in [0.25, 0.3) is 5.91 Å². The van der Waals surface area contributed by atoms with Gasteiger partial charge in [-0.3, -0.25) is 19.3 Å². The summed E-state index contributed by atoms with van der Waals surface area (Å²) in [4.78, 5) is 28.4. The Bertz CT molecular complexity index is 1340. The number of nitrogens with zero attached hydrogens (tertiary/aromatic N) is 5. The van der Waals surface area contributed by atoms with Gasteiger partial charge in [-0.25, -0.2) is 9.40 Å². The topological polar surface area (TPSA) is 73.7 Å². The molecular weight excluding hydrogens is 495 g/mol. The third kappa shape index (κ3) is 6.41. The van der Waals surface area contributed by atoms with Crippen LogP contribution in [-0.4, -0.2) is 58.3 Å². The predicted molar refractivity (Wildman–Crippen MR) is 153 cm³/mol. The quantitative estimate of drug-likeness (QED) is 0.344. The normalized spacial score (nSPS) is 13.1. The molecule has 0 saturated heterocycles. The van der Waals surface area contributed by atoms with Gasteiger partial charge in [-0.15, -0.1) is 0 Å². The number of carbonyl (C=O) groups excluding carboxylic acids is 2. The Balaban J connectivity index is 1.57. The molecule has 1 aliphatic heterocycles. The minimum Gasteiger partial charge on any atom is -0.355 e. The van der Waals surface area contributed by atoms with Gasteiger partial charge < -0.3 is 10.2 Å². The highest BCUT2D eigenvalue weighted by atomic mass is 19.1. The Labute approximate surface area is 230 Å². The number of amides is 2. The van der Waals surface area contributed by atoms with Crippen molar-refractivity contribution in [3.05, 3.63) is 58.5 Å². The number of nitrogens with one attached hydrogen (secondary N) is 1. The average molecular weight is 537 g/mol. The van der Waals surface area contributed by atoms with Crippen LogP contribution in [0, 0.1) is 12.7 Å². The van der Waals surface area contributed by atoms with Gasteiger partial charge in [0.1, 0.15) is 5.82 Å². The molecule has 2 aromatic carbocycles. The van der Waals surface area contributed by atoms with E-state index in [4.69, 9.17) is 5.10 Å². The van der Waals surface area contributed by atoms with Crippen molar-refractivity contribution in [2.45, 2.75) is 73.0 Å².